The molecule has 4 N–H and O–H groups in total. The largest absolute Gasteiger partial charge is 0.366 e. The maximum atomic E-state index is 13.3. The molecule has 1 aromatic heterocycles. The number of aromatic nitrogens is 2. The highest BCUT2D eigenvalue weighted by atomic mass is 19.1. The van der Waals surface area contributed by atoms with Crippen molar-refractivity contribution in [3.05, 3.63) is 65.2 Å². The third-order valence-corrected chi connectivity index (χ3v) is 4.35. The second-order valence-corrected chi connectivity index (χ2v) is 6.21. The standard InChI is InChI=1S/C20H22FN5O/c1-3-17-25-18-14(19(22)27)5-4-6-15(18)20(26-17)24-16(11-23-2)12-7-9-13(21)10-8-12/h4-10,16,23H,3,11H2,1-2H3,(H2,22,27)(H,24,25,26). The number of hydrogen-bond acceptors (Lipinski definition) is 5. The summed E-state index contributed by atoms with van der Waals surface area (Å²) in [5, 5.41) is 7.26. The van der Waals surface area contributed by atoms with Crippen LogP contribution in [0.1, 0.15) is 34.7 Å². The number of likely N-dealkylation sites (N-methyl/N-ethyl adjacent to an activating group) is 1. The van der Waals surface area contributed by atoms with E-state index in [1.165, 1.54) is 12.1 Å². The molecule has 6 nitrogen and oxygen atoms in total. The number of anilines is 1. The van der Waals surface area contributed by atoms with Crippen LogP contribution in [0.4, 0.5) is 10.2 Å². The highest BCUT2D eigenvalue weighted by molar-refractivity contribution is 6.07. The average Bonchev–Trinajstić information content (AvgIpc) is 2.67. The summed E-state index contributed by atoms with van der Waals surface area (Å²) in [6.07, 6.45) is 0.616. The number of benzene rings is 2. The molecule has 0 aliphatic rings. The molecule has 3 rings (SSSR count). The number of hydrogen-bond donors (Lipinski definition) is 3. The van der Waals surface area contributed by atoms with Crippen LogP contribution in [0, 0.1) is 5.82 Å². The fourth-order valence-electron chi connectivity index (χ4n) is 2.98. The van der Waals surface area contributed by atoms with Crippen LogP contribution in [0.5, 0.6) is 0 Å². The number of aryl methyl sites for hydroxylation is 1. The van der Waals surface area contributed by atoms with E-state index in [2.05, 4.69) is 20.6 Å². The minimum Gasteiger partial charge on any atom is -0.366 e. The van der Waals surface area contributed by atoms with E-state index in [9.17, 15) is 9.18 Å². The van der Waals surface area contributed by atoms with E-state index >= 15 is 0 Å². The van der Waals surface area contributed by atoms with Crippen LogP contribution in [-0.2, 0) is 6.42 Å². The summed E-state index contributed by atoms with van der Waals surface area (Å²) in [5.41, 5.74) is 7.32. The van der Waals surface area contributed by atoms with Gasteiger partial charge in [0, 0.05) is 18.4 Å². The van der Waals surface area contributed by atoms with E-state index in [0.29, 0.717) is 41.1 Å². The highest BCUT2D eigenvalue weighted by Gasteiger charge is 2.17. The average molecular weight is 367 g/mol. The van der Waals surface area contributed by atoms with Crippen molar-refractivity contribution < 1.29 is 9.18 Å². The van der Waals surface area contributed by atoms with Crippen LogP contribution in [-0.4, -0.2) is 29.5 Å². The van der Waals surface area contributed by atoms with Crippen molar-refractivity contribution in [1.82, 2.24) is 15.3 Å². The number of primary amides is 1. The van der Waals surface area contributed by atoms with Crippen molar-refractivity contribution in [1.29, 1.82) is 0 Å². The number of fused-ring (bicyclic) bond motifs is 1. The number of amides is 1. The Bertz CT molecular complexity index is 958. The smallest absolute Gasteiger partial charge is 0.250 e. The van der Waals surface area contributed by atoms with Gasteiger partial charge in [-0.25, -0.2) is 14.4 Å². The minimum atomic E-state index is -0.530. The molecule has 0 saturated carbocycles. The van der Waals surface area contributed by atoms with Gasteiger partial charge in [-0.2, -0.15) is 0 Å². The molecule has 0 fully saturated rings. The molecule has 7 heteroatoms. The van der Waals surface area contributed by atoms with Crippen LogP contribution in [0.15, 0.2) is 42.5 Å². The summed E-state index contributed by atoms with van der Waals surface area (Å²) < 4.78 is 13.3. The van der Waals surface area contributed by atoms with Gasteiger partial charge in [-0.3, -0.25) is 4.79 Å². The predicted molar refractivity (Wildman–Crippen MR) is 104 cm³/mol. The number of carbonyl (C=O) groups excluding carboxylic acids is 1. The van der Waals surface area contributed by atoms with E-state index in [1.54, 1.807) is 24.3 Å². The highest BCUT2D eigenvalue weighted by Crippen LogP contribution is 2.27. The molecule has 1 atom stereocenters. The zero-order valence-corrected chi connectivity index (χ0v) is 15.3. The molecule has 2 aromatic carbocycles. The van der Waals surface area contributed by atoms with Gasteiger partial charge in [0.05, 0.1) is 17.1 Å². The van der Waals surface area contributed by atoms with Gasteiger partial charge in [-0.15, -0.1) is 0 Å². The molecule has 1 amide bonds. The van der Waals surface area contributed by atoms with Crippen LogP contribution >= 0.6 is 0 Å². The number of nitrogens with two attached hydrogens (primary N) is 1. The van der Waals surface area contributed by atoms with Gasteiger partial charge in [0.15, 0.2) is 0 Å². The topological polar surface area (TPSA) is 92.9 Å². The lowest BCUT2D eigenvalue weighted by Crippen LogP contribution is -2.24. The van der Waals surface area contributed by atoms with Crippen molar-refractivity contribution in [3.63, 3.8) is 0 Å². The Labute approximate surface area is 157 Å². The zero-order chi connectivity index (χ0) is 19.4. The Morgan fingerprint density at radius 2 is 1.93 bits per heavy atom. The van der Waals surface area contributed by atoms with Gasteiger partial charge >= 0.3 is 0 Å². The molecular weight excluding hydrogens is 345 g/mol. The summed E-state index contributed by atoms with van der Waals surface area (Å²) >= 11 is 0. The lowest BCUT2D eigenvalue weighted by molar-refractivity contribution is 0.100. The van der Waals surface area contributed by atoms with Crippen LogP contribution in [0.2, 0.25) is 0 Å². The molecule has 0 spiro atoms. The van der Waals surface area contributed by atoms with Crippen LogP contribution < -0.4 is 16.4 Å². The maximum Gasteiger partial charge on any atom is 0.250 e. The van der Waals surface area contributed by atoms with Crippen molar-refractivity contribution in [3.8, 4) is 0 Å². The predicted octanol–water partition coefficient (Wildman–Crippen LogP) is 2.80. The van der Waals surface area contributed by atoms with E-state index < -0.39 is 5.91 Å². The molecule has 0 saturated heterocycles. The second-order valence-electron chi connectivity index (χ2n) is 6.21. The van der Waals surface area contributed by atoms with Gasteiger partial charge in [-0.05, 0) is 36.9 Å². The number of halogens is 1. The van der Waals surface area contributed by atoms with Gasteiger partial charge < -0.3 is 16.4 Å². The van der Waals surface area contributed by atoms with E-state index in [4.69, 9.17) is 5.73 Å². The molecule has 27 heavy (non-hydrogen) atoms. The number of carbonyl (C=O) groups is 1. The van der Waals surface area contributed by atoms with Gasteiger partial charge in [0.2, 0.25) is 0 Å². The lowest BCUT2D eigenvalue weighted by Gasteiger charge is -2.21. The third-order valence-electron chi connectivity index (χ3n) is 4.35. The van der Waals surface area contributed by atoms with Crippen molar-refractivity contribution >= 4 is 22.6 Å². The number of para-hydroxylation sites is 1. The summed E-state index contributed by atoms with van der Waals surface area (Å²) in [6.45, 7) is 2.55. The SMILES string of the molecule is CCc1nc(NC(CNC)c2ccc(F)cc2)c2cccc(C(N)=O)c2n1. The van der Waals surface area contributed by atoms with Crippen molar-refractivity contribution in [2.24, 2.45) is 5.73 Å². The zero-order valence-electron chi connectivity index (χ0n) is 15.3. The number of rotatable bonds is 7. The Kier molecular flexibility index (Phi) is 5.61. The third kappa shape index (κ3) is 4.03. The first kappa shape index (κ1) is 18.7. The monoisotopic (exact) mass is 367 g/mol. The summed E-state index contributed by atoms with van der Waals surface area (Å²) in [4.78, 5) is 20.9. The van der Waals surface area contributed by atoms with Crippen molar-refractivity contribution in [2.45, 2.75) is 19.4 Å². The number of nitrogens with one attached hydrogen (secondary N) is 2. The molecule has 1 unspecified atom stereocenters. The first-order chi connectivity index (χ1) is 13.0. The fraction of sp³-hybridized carbons (Fsp3) is 0.250. The van der Waals surface area contributed by atoms with Crippen LogP contribution in [0.3, 0.4) is 0 Å². The quantitative estimate of drug-likeness (QED) is 0.597. The normalized spacial score (nSPS) is 12.1. The first-order valence-electron chi connectivity index (χ1n) is 8.79. The Balaban J connectivity index is 2.09. The van der Waals surface area contributed by atoms with Gasteiger partial charge in [0.25, 0.3) is 5.91 Å². The van der Waals surface area contributed by atoms with Crippen molar-refractivity contribution in [2.75, 3.05) is 18.9 Å². The van der Waals surface area contributed by atoms with Crippen LogP contribution in [0.25, 0.3) is 10.9 Å². The first-order valence-corrected chi connectivity index (χ1v) is 8.79. The second kappa shape index (κ2) is 8.09. The molecule has 0 radical (unpaired) electrons. The van der Waals surface area contributed by atoms with Gasteiger partial charge in [-0.1, -0.05) is 25.1 Å². The molecule has 0 bridgehead atoms. The molecule has 3 aromatic rings. The Morgan fingerprint density at radius 3 is 2.56 bits per heavy atom. The summed E-state index contributed by atoms with van der Waals surface area (Å²) in [6, 6.07) is 11.5. The maximum absolute atomic E-state index is 13.3. The Morgan fingerprint density at radius 1 is 1.19 bits per heavy atom. The number of nitrogens with zero attached hydrogens (tertiary/aromatic N) is 2. The molecule has 140 valence electrons. The summed E-state index contributed by atoms with van der Waals surface area (Å²) in [5.74, 6) is 0.414. The van der Waals surface area contributed by atoms with E-state index in [-0.39, 0.29) is 11.9 Å². The lowest BCUT2D eigenvalue weighted by atomic mass is 10.1. The fourth-order valence-corrected chi connectivity index (χ4v) is 2.98. The van der Waals surface area contributed by atoms with E-state index in [1.807, 2.05) is 20.0 Å². The Hall–Kier alpha value is -3.06. The van der Waals surface area contributed by atoms with E-state index in [0.717, 1.165) is 5.56 Å². The van der Waals surface area contributed by atoms with Gasteiger partial charge in [0.1, 0.15) is 17.5 Å². The molecule has 0 aliphatic carbocycles. The molecular formula is C20H22FN5O. The minimum absolute atomic E-state index is 0.143. The summed E-state index contributed by atoms with van der Waals surface area (Å²) in [7, 11) is 1.85. The molecule has 0 aliphatic heterocycles. The molecule has 1 heterocycles.